The van der Waals surface area contributed by atoms with Crippen LogP contribution in [0.25, 0.3) is 0 Å². The first-order valence-electron chi connectivity index (χ1n) is 7.72. The highest BCUT2D eigenvalue weighted by atomic mass is 16.5. The van der Waals surface area contributed by atoms with Crippen molar-refractivity contribution < 1.29 is 18.5 Å². The lowest BCUT2D eigenvalue weighted by molar-refractivity contribution is -0.134. The Bertz CT molecular complexity index is 673. The van der Waals surface area contributed by atoms with Crippen LogP contribution in [0, 0.1) is 5.92 Å². The third kappa shape index (κ3) is 3.80. The summed E-state index contributed by atoms with van der Waals surface area (Å²) in [6, 6.07) is 5.19. The lowest BCUT2D eigenvalue weighted by Gasteiger charge is -2.20. The maximum atomic E-state index is 12.4. The molecule has 0 spiro atoms. The van der Waals surface area contributed by atoms with Crippen LogP contribution >= 0.6 is 0 Å². The van der Waals surface area contributed by atoms with Crippen molar-refractivity contribution in [1.82, 2.24) is 15.4 Å². The molecule has 0 aromatic carbocycles. The summed E-state index contributed by atoms with van der Waals surface area (Å²) >= 11 is 0. The van der Waals surface area contributed by atoms with Gasteiger partial charge in [0.05, 0.1) is 19.4 Å². The average molecular weight is 317 g/mol. The predicted octanol–water partition coefficient (Wildman–Crippen LogP) is 1.96. The van der Waals surface area contributed by atoms with Gasteiger partial charge >= 0.3 is 0 Å². The zero-order valence-corrected chi connectivity index (χ0v) is 12.9. The van der Waals surface area contributed by atoms with E-state index in [4.69, 9.17) is 8.94 Å². The highest BCUT2D eigenvalue weighted by Crippen LogP contribution is 2.32. The molecule has 23 heavy (non-hydrogen) atoms. The highest BCUT2D eigenvalue weighted by molar-refractivity contribution is 5.92. The minimum atomic E-state index is -0.284. The highest BCUT2D eigenvalue weighted by Gasteiger charge is 2.34. The Morgan fingerprint density at radius 1 is 1.35 bits per heavy atom. The number of carbonyl (C=O) groups excluding carboxylic acids is 2. The van der Waals surface area contributed by atoms with Gasteiger partial charge in [0, 0.05) is 18.5 Å². The number of nitrogens with one attached hydrogen (secondary N) is 1. The summed E-state index contributed by atoms with van der Waals surface area (Å²) in [6.45, 7) is 2.99. The van der Waals surface area contributed by atoms with Crippen molar-refractivity contribution >= 4 is 11.8 Å². The van der Waals surface area contributed by atoms with E-state index in [0.717, 1.165) is 12.8 Å². The van der Waals surface area contributed by atoms with Crippen molar-refractivity contribution in [3.8, 4) is 0 Å². The molecule has 1 aliphatic rings. The third-order valence-corrected chi connectivity index (χ3v) is 3.64. The molecule has 1 fully saturated rings. The maximum Gasteiger partial charge on any atom is 0.273 e. The lowest BCUT2D eigenvalue weighted by atomic mass is 10.2. The fourth-order valence-corrected chi connectivity index (χ4v) is 2.32. The van der Waals surface area contributed by atoms with Gasteiger partial charge in [0.1, 0.15) is 5.76 Å². The molecule has 0 unspecified atom stereocenters. The first-order chi connectivity index (χ1) is 11.2. The molecular formula is C16H19N3O4. The van der Waals surface area contributed by atoms with Crippen molar-refractivity contribution in [2.75, 3.05) is 6.54 Å². The standard InChI is InChI=1S/C16H19N3O4/c1-2-17-15(20)14-8-13(23-18-14)10-19(16(21)11-5-6-11)9-12-4-3-7-22-12/h3-4,7-8,11H,2,5-6,9-10H2,1H3,(H,17,20). The number of aromatic nitrogens is 1. The van der Waals surface area contributed by atoms with Crippen LogP contribution in [0.4, 0.5) is 0 Å². The fraction of sp³-hybridized carbons (Fsp3) is 0.438. The van der Waals surface area contributed by atoms with Crippen LogP contribution in [0.3, 0.4) is 0 Å². The minimum absolute atomic E-state index is 0.0809. The van der Waals surface area contributed by atoms with Gasteiger partial charge in [0.2, 0.25) is 5.91 Å². The second-order valence-corrected chi connectivity index (χ2v) is 5.59. The van der Waals surface area contributed by atoms with Crippen molar-refractivity contribution in [2.45, 2.75) is 32.9 Å². The molecule has 0 atom stereocenters. The van der Waals surface area contributed by atoms with Crippen molar-refractivity contribution in [3.05, 3.63) is 41.7 Å². The molecule has 2 amide bonds. The van der Waals surface area contributed by atoms with E-state index in [1.807, 2.05) is 13.0 Å². The Kier molecular flexibility index (Phi) is 4.45. The number of furan rings is 1. The van der Waals surface area contributed by atoms with Crippen LogP contribution in [0.15, 0.2) is 33.4 Å². The summed E-state index contributed by atoms with van der Waals surface area (Å²) < 4.78 is 10.5. The van der Waals surface area contributed by atoms with Crippen LogP contribution in [-0.4, -0.2) is 28.4 Å². The third-order valence-electron chi connectivity index (χ3n) is 3.64. The smallest absolute Gasteiger partial charge is 0.273 e. The summed E-state index contributed by atoms with van der Waals surface area (Å²) in [7, 11) is 0. The zero-order chi connectivity index (χ0) is 16.2. The number of nitrogens with zero attached hydrogens (tertiary/aromatic N) is 2. The van der Waals surface area contributed by atoms with Crippen LogP contribution in [-0.2, 0) is 17.9 Å². The monoisotopic (exact) mass is 317 g/mol. The van der Waals surface area contributed by atoms with Gasteiger partial charge in [-0.3, -0.25) is 9.59 Å². The Morgan fingerprint density at radius 3 is 2.78 bits per heavy atom. The van der Waals surface area contributed by atoms with E-state index in [9.17, 15) is 9.59 Å². The van der Waals surface area contributed by atoms with Crippen LogP contribution in [0.1, 0.15) is 41.8 Å². The van der Waals surface area contributed by atoms with Gasteiger partial charge in [0.15, 0.2) is 11.5 Å². The topological polar surface area (TPSA) is 88.6 Å². The van der Waals surface area contributed by atoms with Gasteiger partial charge in [-0.2, -0.15) is 0 Å². The Hall–Kier alpha value is -2.57. The second-order valence-electron chi connectivity index (χ2n) is 5.59. The van der Waals surface area contributed by atoms with Gasteiger partial charge in [-0.1, -0.05) is 5.16 Å². The van der Waals surface area contributed by atoms with Gasteiger partial charge in [0.25, 0.3) is 5.91 Å². The summed E-state index contributed by atoms with van der Waals surface area (Å²) in [5.74, 6) is 1.08. The number of rotatable bonds is 7. The second kappa shape index (κ2) is 6.68. The predicted molar refractivity (Wildman–Crippen MR) is 80.2 cm³/mol. The van der Waals surface area contributed by atoms with Crippen LogP contribution in [0.5, 0.6) is 0 Å². The first-order valence-corrected chi connectivity index (χ1v) is 7.72. The molecule has 0 aliphatic heterocycles. The molecule has 2 aromatic rings. The molecule has 7 nitrogen and oxygen atoms in total. The Balaban J connectivity index is 1.70. The van der Waals surface area contributed by atoms with E-state index < -0.39 is 0 Å². The molecule has 2 heterocycles. The van der Waals surface area contributed by atoms with Crippen LogP contribution < -0.4 is 5.32 Å². The van der Waals surface area contributed by atoms with E-state index in [1.165, 1.54) is 0 Å². The zero-order valence-electron chi connectivity index (χ0n) is 12.9. The molecule has 0 saturated heterocycles. The van der Waals surface area contributed by atoms with Crippen molar-refractivity contribution in [1.29, 1.82) is 0 Å². The summed E-state index contributed by atoms with van der Waals surface area (Å²) in [6.07, 6.45) is 3.43. The molecule has 1 aliphatic carbocycles. The normalized spacial score (nSPS) is 13.8. The molecular weight excluding hydrogens is 298 g/mol. The molecule has 3 rings (SSSR count). The van der Waals surface area contributed by atoms with Gasteiger partial charge in [-0.15, -0.1) is 0 Å². The molecule has 1 N–H and O–H groups in total. The van der Waals surface area contributed by atoms with E-state index in [2.05, 4.69) is 10.5 Å². The lowest BCUT2D eigenvalue weighted by Crippen LogP contribution is -2.31. The average Bonchev–Trinajstić information content (AvgIpc) is 3.06. The number of amides is 2. The van der Waals surface area contributed by atoms with Gasteiger partial charge < -0.3 is 19.2 Å². The van der Waals surface area contributed by atoms with E-state index in [0.29, 0.717) is 24.6 Å². The molecule has 0 bridgehead atoms. The number of carbonyl (C=O) groups is 2. The molecule has 1 saturated carbocycles. The first kappa shape index (κ1) is 15.3. The molecule has 7 heteroatoms. The van der Waals surface area contributed by atoms with Crippen LogP contribution in [0.2, 0.25) is 0 Å². The summed E-state index contributed by atoms with van der Waals surface area (Å²) in [5, 5.41) is 6.42. The largest absolute Gasteiger partial charge is 0.467 e. The summed E-state index contributed by atoms with van der Waals surface area (Å²) in [5.41, 5.74) is 0.221. The molecule has 0 radical (unpaired) electrons. The number of hydrogen-bond acceptors (Lipinski definition) is 5. The van der Waals surface area contributed by atoms with Gasteiger partial charge in [-0.25, -0.2) is 0 Å². The Morgan fingerprint density at radius 2 is 2.13 bits per heavy atom. The quantitative estimate of drug-likeness (QED) is 0.843. The van der Waals surface area contributed by atoms with Crippen molar-refractivity contribution in [3.63, 3.8) is 0 Å². The fourth-order valence-electron chi connectivity index (χ4n) is 2.32. The summed E-state index contributed by atoms with van der Waals surface area (Å²) in [4.78, 5) is 25.8. The minimum Gasteiger partial charge on any atom is -0.467 e. The van der Waals surface area contributed by atoms with E-state index >= 15 is 0 Å². The molecule has 122 valence electrons. The van der Waals surface area contributed by atoms with Gasteiger partial charge in [-0.05, 0) is 31.9 Å². The number of hydrogen-bond donors (Lipinski definition) is 1. The molecule has 2 aromatic heterocycles. The maximum absolute atomic E-state index is 12.4. The van der Waals surface area contributed by atoms with Crippen molar-refractivity contribution in [2.24, 2.45) is 5.92 Å². The Labute approximate surface area is 133 Å². The SMILES string of the molecule is CCNC(=O)c1cc(CN(Cc2ccco2)C(=O)C2CC2)on1. The van der Waals surface area contributed by atoms with E-state index in [1.54, 1.807) is 23.3 Å². The van der Waals surface area contributed by atoms with E-state index in [-0.39, 0.29) is 30.0 Å².